The van der Waals surface area contributed by atoms with Crippen molar-refractivity contribution >= 4 is 0 Å². The number of aryl methyl sites for hydroxylation is 1. The second-order valence-corrected chi connectivity index (χ2v) is 4.56. The minimum Gasteiger partial charge on any atom is -0.308 e. The number of rotatable bonds is 3. The van der Waals surface area contributed by atoms with E-state index in [9.17, 15) is 13.2 Å². The number of pyridine rings is 1. The highest BCUT2D eigenvalue weighted by atomic mass is 19.4. The van der Waals surface area contributed by atoms with E-state index in [0.717, 1.165) is 11.6 Å². The molecule has 1 aromatic heterocycles. The monoisotopic (exact) mass is 280 g/mol. The van der Waals surface area contributed by atoms with Gasteiger partial charge in [0.25, 0.3) is 0 Å². The lowest BCUT2D eigenvalue weighted by atomic mass is 9.96. The molecule has 106 valence electrons. The standard InChI is InChI=1S/C15H15F3N2/c1-10-7-8-20-13(9-10)14(19-2)11-5-3-4-6-12(11)15(16,17)18/h3-9,14,19H,1-2H3. The van der Waals surface area contributed by atoms with Gasteiger partial charge in [0.1, 0.15) is 0 Å². The number of hydrogen-bond donors (Lipinski definition) is 1. The van der Waals surface area contributed by atoms with Crippen molar-refractivity contribution in [3.63, 3.8) is 0 Å². The van der Waals surface area contributed by atoms with E-state index in [4.69, 9.17) is 0 Å². The van der Waals surface area contributed by atoms with Crippen LogP contribution in [0.4, 0.5) is 13.2 Å². The maximum atomic E-state index is 13.1. The van der Waals surface area contributed by atoms with Crippen LogP contribution in [0.2, 0.25) is 0 Å². The molecule has 0 bridgehead atoms. The Morgan fingerprint density at radius 3 is 2.45 bits per heavy atom. The van der Waals surface area contributed by atoms with E-state index in [0.29, 0.717) is 5.69 Å². The number of halogens is 3. The van der Waals surface area contributed by atoms with Gasteiger partial charge in [-0.05, 0) is 43.3 Å². The SMILES string of the molecule is CNC(c1cc(C)ccn1)c1ccccc1C(F)(F)F. The van der Waals surface area contributed by atoms with Crippen LogP contribution in [0, 0.1) is 6.92 Å². The Hall–Kier alpha value is -1.88. The highest BCUT2D eigenvalue weighted by molar-refractivity contribution is 5.37. The van der Waals surface area contributed by atoms with Crippen molar-refractivity contribution in [3.05, 3.63) is 65.0 Å². The van der Waals surface area contributed by atoms with Crippen LogP contribution in [0.1, 0.15) is 28.4 Å². The summed E-state index contributed by atoms with van der Waals surface area (Å²) in [6.07, 6.45) is -2.78. The van der Waals surface area contributed by atoms with Gasteiger partial charge in [-0.2, -0.15) is 13.2 Å². The van der Waals surface area contributed by atoms with Crippen molar-refractivity contribution < 1.29 is 13.2 Å². The number of hydrogen-bond acceptors (Lipinski definition) is 2. The van der Waals surface area contributed by atoms with Crippen LogP contribution in [0.3, 0.4) is 0 Å². The fourth-order valence-electron chi connectivity index (χ4n) is 2.19. The molecular weight excluding hydrogens is 265 g/mol. The first kappa shape index (κ1) is 14.5. The number of benzene rings is 1. The van der Waals surface area contributed by atoms with E-state index < -0.39 is 17.8 Å². The van der Waals surface area contributed by atoms with Crippen molar-refractivity contribution in [1.29, 1.82) is 0 Å². The predicted molar refractivity (Wildman–Crippen MR) is 71.3 cm³/mol. The van der Waals surface area contributed by atoms with Gasteiger partial charge in [-0.1, -0.05) is 18.2 Å². The molecule has 0 saturated carbocycles. The number of alkyl halides is 3. The third-order valence-electron chi connectivity index (χ3n) is 3.10. The van der Waals surface area contributed by atoms with Crippen LogP contribution in [0.15, 0.2) is 42.6 Å². The summed E-state index contributed by atoms with van der Waals surface area (Å²) in [6.45, 7) is 1.88. The van der Waals surface area contributed by atoms with Gasteiger partial charge < -0.3 is 5.32 Å². The second kappa shape index (κ2) is 5.63. The lowest BCUT2D eigenvalue weighted by Gasteiger charge is -2.21. The molecule has 2 aromatic rings. The van der Waals surface area contributed by atoms with E-state index in [-0.39, 0.29) is 5.56 Å². The quantitative estimate of drug-likeness (QED) is 0.927. The van der Waals surface area contributed by atoms with Crippen molar-refractivity contribution in [2.24, 2.45) is 0 Å². The molecule has 2 rings (SSSR count). The number of nitrogens with one attached hydrogen (secondary N) is 1. The van der Waals surface area contributed by atoms with E-state index in [1.165, 1.54) is 12.1 Å². The summed E-state index contributed by atoms with van der Waals surface area (Å²) in [5, 5.41) is 2.91. The molecule has 0 fully saturated rings. The summed E-state index contributed by atoms with van der Waals surface area (Å²) in [4.78, 5) is 4.18. The van der Waals surface area contributed by atoms with Gasteiger partial charge in [0.2, 0.25) is 0 Å². The average Bonchev–Trinajstić information content (AvgIpc) is 2.39. The third-order valence-corrected chi connectivity index (χ3v) is 3.10. The van der Waals surface area contributed by atoms with Crippen LogP contribution in [0.5, 0.6) is 0 Å². The van der Waals surface area contributed by atoms with Crippen LogP contribution in [0.25, 0.3) is 0 Å². The topological polar surface area (TPSA) is 24.9 Å². The van der Waals surface area contributed by atoms with Crippen LogP contribution in [-0.2, 0) is 6.18 Å². The molecule has 2 nitrogen and oxygen atoms in total. The van der Waals surface area contributed by atoms with E-state index in [1.807, 2.05) is 13.0 Å². The zero-order valence-electron chi connectivity index (χ0n) is 11.2. The maximum absolute atomic E-state index is 13.1. The molecule has 1 atom stereocenters. The van der Waals surface area contributed by atoms with Gasteiger partial charge in [0, 0.05) is 6.20 Å². The molecular formula is C15H15F3N2. The van der Waals surface area contributed by atoms with Crippen molar-refractivity contribution in [3.8, 4) is 0 Å². The van der Waals surface area contributed by atoms with Gasteiger partial charge in [0.15, 0.2) is 0 Å². The van der Waals surface area contributed by atoms with Gasteiger partial charge in [-0.15, -0.1) is 0 Å². The first-order valence-corrected chi connectivity index (χ1v) is 6.19. The predicted octanol–water partition coefficient (Wildman–Crippen LogP) is 3.72. The molecule has 1 aromatic carbocycles. The van der Waals surface area contributed by atoms with Crippen LogP contribution in [-0.4, -0.2) is 12.0 Å². The first-order valence-electron chi connectivity index (χ1n) is 6.19. The zero-order chi connectivity index (χ0) is 14.8. The number of aromatic nitrogens is 1. The summed E-state index contributed by atoms with van der Waals surface area (Å²) in [6, 6.07) is 8.57. The summed E-state index contributed by atoms with van der Waals surface area (Å²) in [7, 11) is 1.63. The summed E-state index contributed by atoms with van der Waals surface area (Å²) in [5.41, 5.74) is 1.08. The second-order valence-electron chi connectivity index (χ2n) is 4.56. The maximum Gasteiger partial charge on any atom is 0.416 e. The van der Waals surface area contributed by atoms with E-state index in [1.54, 1.807) is 25.4 Å². The zero-order valence-corrected chi connectivity index (χ0v) is 11.2. The van der Waals surface area contributed by atoms with Crippen molar-refractivity contribution in [2.45, 2.75) is 19.1 Å². The highest BCUT2D eigenvalue weighted by Crippen LogP contribution is 2.35. The molecule has 1 unspecified atom stereocenters. The Labute approximate surface area is 115 Å². The molecule has 0 aliphatic carbocycles. The fourth-order valence-corrected chi connectivity index (χ4v) is 2.19. The molecule has 5 heteroatoms. The largest absolute Gasteiger partial charge is 0.416 e. The van der Waals surface area contributed by atoms with Gasteiger partial charge >= 0.3 is 6.18 Å². The third kappa shape index (κ3) is 2.99. The molecule has 0 spiro atoms. The van der Waals surface area contributed by atoms with Gasteiger partial charge in [0.05, 0.1) is 17.3 Å². The number of nitrogens with zero attached hydrogens (tertiary/aromatic N) is 1. The average molecular weight is 280 g/mol. The minimum atomic E-state index is -4.38. The fraction of sp³-hybridized carbons (Fsp3) is 0.267. The lowest BCUT2D eigenvalue weighted by Crippen LogP contribution is -2.22. The van der Waals surface area contributed by atoms with Gasteiger partial charge in [-0.3, -0.25) is 4.98 Å². The minimum absolute atomic E-state index is 0.181. The van der Waals surface area contributed by atoms with Crippen LogP contribution >= 0.6 is 0 Å². The Balaban J connectivity index is 2.53. The van der Waals surface area contributed by atoms with Crippen molar-refractivity contribution in [1.82, 2.24) is 10.3 Å². The Bertz CT molecular complexity index is 594. The summed E-state index contributed by atoms with van der Waals surface area (Å²) >= 11 is 0. The summed E-state index contributed by atoms with van der Waals surface area (Å²) in [5.74, 6) is 0. The molecule has 0 saturated heterocycles. The van der Waals surface area contributed by atoms with Crippen LogP contribution < -0.4 is 5.32 Å². The molecule has 0 amide bonds. The molecule has 0 aliphatic rings. The Kier molecular flexibility index (Phi) is 4.09. The van der Waals surface area contributed by atoms with E-state index >= 15 is 0 Å². The Morgan fingerprint density at radius 1 is 1.15 bits per heavy atom. The smallest absolute Gasteiger partial charge is 0.308 e. The normalized spacial score (nSPS) is 13.2. The molecule has 0 radical (unpaired) electrons. The van der Waals surface area contributed by atoms with Crippen molar-refractivity contribution in [2.75, 3.05) is 7.05 Å². The summed E-state index contributed by atoms with van der Waals surface area (Å²) < 4.78 is 39.3. The first-order chi connectivity index (χ1) is 9.43. The molecule has 1 heterocycles. The molecule has 1 N–H and O–H groups in total. The molecule has 0 aliphatic heterocycles. The van der Waals surface area contributed by atoms with Gasteiger partial charge in [-0.25, -0.2) is 0 Å². The highest BCUT2D eigenvalue weighted by Gasteiger charge is 2.35. The molecule has 20 heavy (non-hydrogen) atoms. The van der Waals surface area contributed by atoms with E-state index in [2.05, 4.69) is 10.3 Å². The lowest BCUT2D eigenvalue weighted by molar-refractivity contribution is -0.138. The Morgan fingerprint density at radius 2 is 1.85 bits per heavy atom.